The monoisotopic (exact) mass is 397 g/mol. The minimum absolute atomic E-state index is 0.117. The van der Waals surface area contributed by atoms with Gasteiger partial charge in [0.1, 0.15) is 11.3 Å². The van der Waals surface area contributed by atoms with Gasteiger partial charge in [-0.15, -0.1) is 0 Å². The number of aromatic hydroxyl groups is 1. The maximum Gasteiger partial charge on any atom is 0.336 e. The fourth-order valence-corrected chi connectivity index (χ4v) is 3.41. The van der Waals surface area contributed by atoms with E-state index in [9.17, 15) is 9.90 Å². The third kappa shape index (κ3) is 4.54. The van der Waals surface area contributed by atoms with E-state index in [2.05, 4.69) is 11.8 Å². The van der Waals surface area contributed by atoms with Crippen molar-refractivity contribution in [3.63, 3.8) is 0 Å². The summed E-state index contributed by atoms with van der Waals surface area (Å²) >= 11 is 0. The second-order valence-corrected chi connectivity index (χ2v) is 6.90. The number of phenolic OH excluding ortho intramolecular Hbond substituents is 1. The topological polar surface area (TPSA) is 72.1 Å². The molecule has 0 saturated carbocycles. The van der Waals surface area contributed by atoms with Crippen LogP contribution in [-0.4, -0.2) is 30.3 Å². The molecule has 29 heavy (non-hydrogen) atoms. The molecule has 0 amide bonds. The van der Waals surface area contributed by atoms with Gasteiger partial charge in [-0.05, 0) is 55.8 Å². The van der Waals surface area contributed by atoms with E-state index >= 15 is 0 Å². The standard InChI is InChI=1S/C23H27NO5/c1-5-24(13-16-7-10-20(28-6-2)21(11-16)27-4)14-17-12-22(26)29-23-15(3)19(25)9-8-18(17)23/h7-12,25H,5-6,13-14H2,1-4H3. The molecule has 0 atom stereocenters. The summed E-state index contributed by atoms with van der Waals surface area (Å²) in [5.41, 5.74) is 2.55. The van der Waals surface area contributed by atoms with Crippen LogP contribution in [0.15, 0.2) is 45.6 Å². The van der Waals surface area contributed by atoms with E-state index in [0.717, 1.165) is 28.8 Å². The molecule has 0 spiro atoms. The van der Waals surface area contributed by atoms with Crippen LogP contribution >= 0.6 is 0 Å². The number of fused-ring (bicyclic) bond motifs is 1. The number of benzene rings is 2. The predicted molar refractivity (Wildman–Crippen MR) is 113 cm³/mol. The number of methoxy groups -OCH3 is 1. The summed E-state index contributed by atoms with van der Waals surface area (Å²) in [4.78, 5) is 14.3. The third-order valence-electron chi connectivity index (χ3n) is 4.99. The van der Waals surface area contributed by atoms with Crippen LogP contribution in [0.5, 0.6) is 17.2 Å². The first-order valence-corrected chi connectivity index (χ1v) is 9.74. The van der Waals surface area contributed by atoms with Gasteiger partial charge in [0.15, 0.2) is 11.5 Å². The lowest BCUT2D eigenvalue weighted by Crippen LogP contribution is -2.23. The first kappa shape index (κ1) is 20.7. The Kier molecular flexibility index (Phi) is 6.44. The maximum atomic E-state index is 12.1. The number of hydrogen-bond donors (Lipinski definition) is 1. The lowest BCUT2D eigenvalue weighted by molar-refractivity contribution is 0.270. The zero-order chi connectivity index (χ0) is 21.0. The summed E-state index contributed by atoms with van der Waals surface area (Å²) in [7, 11) is 1.63. The van der Waals surface area contributed by atoms with E-state index < -0.39 is 5.63 Å². The van der Waals surface area contributed by atoms with E-state index in [4.69, 9.17) is 13.9 Å². The van der Waals surface area contributed by atoms with Crippen molar-refractivity contribution < 1.29 is 19.0 Å². The number of hydrogen-bond acceptors (Lipinski definition) is 6. The van der Waals surface area contributed by atoms with Crippen LogP contribution in [0, 0.1) is 6.92 Å². The van der Waals surface area contributed by atoms with Gasteiger partial charge in [0, 0.05) is 30.1 Å². The van der Waals surface area contributed by atoms with Gasteiger partial charge in [-0.2, -0.15) is 0 Å². The molecule has 0 aliphatic rings. The van der Waals surface area contributed by atoms with Gasteiger partial charge in [-0.25, -0.2) is 4.79 Å². The van der Waals surface area contributed by atoms with Crippen LogP contribution in [-0.2, 0) is 13.1 Å². The lowest BCUT2D eigenvalue weighted by Gasteiger charge is -2.22. The van der Waals surface area contributed by atoms with E-state index in [1.165, 1.54) is 6.07 Å². The Balaban J connectivity index is 1.89. The number of ether oxygens (including phenoxy) is 2. The second kappa shape index (κ2) is 9.01. The molecule has 6 nitrogen and oxygen atoms in total. The molecule has 3 rings (SSSR count). The molecule has 0 aliphatic heterocycles. The number of aryl methyl sites for hydroxylation is 1. The van der Waals surface area contributed by atoms with E-state index in [1.807, 2.05) is 25.1 Å². The molecule has 6 heteroatoms. The average Bonchev–Trinajstić information content (AvgIpc) is 2.71. The smallest absolute Gasteiger partial charge is 0.336 e. The fourth-order valence-electron chi connectivity index (χ4n) is 3.41. The van der Waals surface area contributed by atoms with Gasteiger partial charge in [-0.3, -0.25) is 4.90 Å². The first-order valence-electron chi connectivity index (χ1n) is 9.74. The summed E-state index contributed by atoms with van der Waals surface area (Å²) in [5.74, 6) is 1.55. The molecule has 0 unspecified atom stereocenters. The van der Waals surface area contributed by atoms with Gasteiger partial charge in [-0.1, -0.05) is 13.0 Å². The van der Waals surface area contributed by atoms with Gasteiger partial charge in [0.25, 0.3) is 0 Å². The summed E-state index contributed by atoms with van der Waals surface area (Å²) in [6, 6.07) is 10.9. The first-order chi connectivity index (χ1) is 14.0. The normalized spacial score (nSPS) is 11.2. The van der Waals surface area contributed by atoms with Crippen LogP contribution in [0.25, 0.3) is 11.0 Å². The van der Waals surface area contributed by atoms with Crippen molar-refractivity contribution in [2.75, 3.05) is 20.3 Å². The zero-order valence-electron chi connectivity index (χ0n) is 17.3. The highest BCUT2D eigenvalue weighted by Crippen LogP contribution is 2.30. The van der Waals surface area contributed by atoms with Crippen molar-refractivity contribution in [1.82, 2.24) is 4.90 Å². The molecule has 0 bridgehead atoms. The summed E-state index contributed by atoms with van der Waals surface area (Å²) in [6.07, 6.45) is 0. The molecule has 1 heterocycles. The minimum atomic E-state index is -0.417. The van der Waals surface area contributed by atoms with Crippen molar-refractivity contribution >= 4 is 11.0 Å². The Hall–Kier alpha value is -2.99. The molecule has 0 aliphatic carbocycles. The molecule has 0 fully saturated rings. The minimum Gasteiger partial charge on any atom is -0.508 e. The van der Waals surface area contributed by atoms with Crippen LogP contribution in [0.2, 0.25) is 0 Å². The van der Waals surface area contributed by atoms with Gasteiger partial charge in [0.2, 0.25) is 0 Å². The van der Waals surface area contributed by atoms with Crippen LogP contribution in [0.3, 0.4) is 0 Å². The average molecular weight is 397 g/mol. The Morgan fingerprint density at radius 2 is 1.86 bits per heavy atom. The number of rotatable bonds is 8. The molecule has 0 radical (unpaired) electrons. The zero-order valence-corrected chi connectivity index (χ0v) is 17.3. The van der Waals surface area contributed by atoms with Crippen molar-refractivity contribution in [2.24, 2.45) is 0 Å². The Morgan fingerprint density at radius 1 is 1.07 bits per heavy atom. The molecule has 3 aromatic rings. The Morgan fingerprint density at radius 3 is 2.55 bits per heavy atom. The highest BCUT2D eigenvalue weighted by atomic mass is 16.5. The highest BCUT2D eigenvalue weighted by Gasteiger charge is 2.14. The molecule has 1 N–H and O–H groups in total. The lowest BCUT2D eigenvalue weighted by atomic mass is 10.1. The molecule has 0 saturated heterocycles. The van der Waals surface area contributed by atoms with E-state index in [0.29, 0.717) is 36.6 Å². The van der Waals surface area contributed by atoms with E-state index in [-0.39, 0.29) is 5.75 Å². The van der Waals surface area contributed by atoms with Crippen molar-refractivity contribution in [2.45, 2.75) is 33.9 Å². The summed E-state index contributed by atoms with van der Waals surface area (Å²) < 4.78 is 16.4. The molecular formula is C23H27NO5. The fraction of sp³-hybridized carbons (Fsp3) is 0.348. The van der Waals surface area contributed by atoms with E-state index in [1.54, 1.807) is 26.2 Å². The van der Waals surface area contributed by atoms with Gasteiger partial charge < -0.3 is 19.0 Å². The summed E-state index contributed by atoms with van der Waals surface area (Å²) in [6.45, 7) is 8.42. The van der Waals surface area contributed by atoms with Crippen LogP contribution < -0.4 is 15.1 Å². The van der Waals surface area contributed by atoms with Gasteiger partial charge >= 0.3 is 5.63 Å². The van der Waals surface area contributed by atoms with Crippen LogP contribution in [0.1, 0.15) is 30.5 Å². The summed E-state index contributed by atoms with van der Waals surface area (Å²) in [5, 5.41) is 10.8. The predicted octanol–water partition coefficient (Wildman–Crippen LogP) is 4.24. The number of nitrogens with zero attached hydrogens (tertiary/aromatic N) is 1. The quantitative estimate of drug-likeness (QED) is 0.574. The Bertz CT molecular complexity index is 1060. The largest absolute Gasteiger partial charge is 0.508 e. The molecule has 1 aromatic heterocycles. The van der Waals surface area contributed by atoms with Crippen molar-refractivity contribution in [1.29, 1.82) is 0 Å². The molecular weight excluding hydrogens is 370 g/mol. The maximum absolute atomic E-state index is 12.1. The van der Waals surface area contributed by atoms with Crippen molar-refractivity contribution in [3.05, 3.63) is 63.5 Å². The Labute approximate surface area is 170 Å². The SMILES string of the molecule is CCOc1ccc(CN(CC)Cc2cc(=O)oc3c(C)c(O)ccc23)cc1OC. The van der Waals surface area contributed by atoms with Gasteiger partial charge in [0.05, 0.1) is 13.7 Å². The van der Waals surface area contributed by atoms with Crippen molar-refractivity contribution in [3.8, 4) is 17.2 Å². The van der Waals surface area contributed by atoms with Crippen LogP contribution in [0.4, 0.5) is 0 Å². The molecule has 154 valence electrons. The third-order valence-corrected chi connectivity index (χ3v) is 4.99. The molecule has 2 aromatic carbocycles. The highest BCUT2D eigenvalue weighted by molar-refractivity contribution is 5.84. The number of phenols is 1. The second-order valence-electron chi connectivity index (χ2n) is 6.90.